The first-order chi connectivity index (χ1) is 16.7. The second-order valence-electron chi connectivity index (χ2n) is 7.62. The lowest BCUT2D eigenvalue weighted by Crippen LogP contribution is -2.31. The van der Waals surface area contributed by atoms with Crippen LogP contribution in [0.4, 0.5) is 13.2 Å². The number of benzene rings is 1. The summed E-state index contributed by atoms with van der Waals surface area (Å²) in [5, 5.41) is 4.75. The van der Waals surface area contributed by atoms with E-state index in [4.69, 9.17) is 21.1 Å². The number of aromatic nitrogens is 5. The first-order valence-corrected chi connectivity index (χ1v) is 11.1. The molecule has 0 aliphatic rings. The van der Waals surface area contributed by atoms with E-state index in [1.165, 1.54) is 22.9 Å². The van der Waals surface area contributed by atoms with Crippen LogP contribution < -0.4 is 10.4 Å². The van der Waals surface area contributed by atoms with Gasteiger partial charge in [0.25, 0.3) is 0 Å². The molecule has 3 heterocycles. The second kappa shape index (κ2) is 10.0. The highest BCUT2D eigenvalue weighted by atomic mass is 35.5. The summed E-state index contributed by atoms with van der Waals surface area (Å²) in [6, 6.07) is 12.5. The third-order valence-electron chi connectivity index (χ3n) is 5.22. The first-order valence-electron chi connectivity index (χ1n) is 10.7. The highest BCUT2D eigenvalue weighted by Gasteiger charge is 2.39. The zero-order valence-corrected chi connectivity index (χ0v) is 19.5. The molecule has 0 fully saturated rings. The molecule has 184 valence electrons. The maximum atomic E-state index is 13.2. The Morgan fingerprint density at radius 1 is 1.14 bits per heavy atom. The SMILES string of the molecule is CCn1c(COCc2ccccc2)nn(-c2cc3ccnc(Cl)c3c(OC(C)C(F)(F)F)n2)c1=O. The Balaban J connectivity index is 1.72. The lowest BCUT2D eigenvalue weighted by atomic mass is 10.2. The summed E-state index contributed by atoms with van der Waals surface area (Å²) in [6.07, 6.45) is -5.42. The molecule has 0 N–H and O–H groups in total. The number of pyridine rings is 2. The van der Waals surface area contributed by atoms with Crippen molar-refractivity contribution in [3.8, 4) is 11.7 Å². The van der Waals surface area contributed by atoms with E-state index in [0.29, 0.717) is 24.4 Å². The van der Waals surface area contributed by atoms with Gasteiger partial charge in [0.2, 0.25) is 5.88 Å². The normalized spacial score (nSPS) is 12.7. The average Bonchev–Trinajstić information content (AvgIpc) is 3.14. The van der Waals surface area contributed by atoms with Gasteiger partial charge in [0, 0.05) is 12.7 Å². The van der Waals surface area contributed by atoms with Crippen molar-refractivity contribution in [3.05, 3.63) is 75.7 Å². The molecular weight excluding hydrogens is 487 g/mol. The van der Waals surface area contributed by atoms with Gasteiger partial charge in [-0.25, -0.2) is 9.78 Å². The van der Waals surface area contributed by atoms with Gasteiger partial charge in [-0.2, -0.15) is 22.8 Å². The molecule has 1 atom stereocenters. The minimum Gasteiger partial charge on any atom is -0.464 e. The molecule has 3 aromatic heterocycles. The quantitative estimate of drug-likeness (QED) is 0.322. The molecule has 35 heavy (non-hydrogen) atoms. The molecule has 8 nitrogen and oxygen atoms in total. The van der Waals surface area contributed by atoms with Crippen LogP contribution in [-0.4, -0.2) is 36.6 Å². The van der Waals surface area contributed by atoms with Gasteiger partial charge >= 0.3 is 11.9 Å². The van der Waals surface area contributed by atoms with Crippen LogP contribution >= 0.6 is 11.6 Å². The van der Waals surface area contributed by atoms with E-state index in [0.717, 1.165) is 17.2 Å². The smallest absolute Gasteiger partial charge is 0.425 e. The number of ether oxygens (including phenoxy) is 2. The van der Waals surface area contributed by atoms with Crippen molar-refractivity contribution in [1.82, 2.24) is 24.3 Å². The van der Waals surface area contributed by atoms with Crippen LogP contribution in [0.15, 0.2) is 53.5 Å². The number of rotatable bonds is 8. The minimum absolute atomic E-state index is 0.0225. The molecule has 1 unspecified atom stereocenters. The van der Waals surface area contributed by atoms with Crippen molar-refractivity contribution >= 4 is 22.4 Å². The fourth-order valence-electron chi connectivity index (χ4n) is 3.39. The monoisotopic (exact) mass is 507 g/mol. The van der Waals surface area contributed by atoms with E-state index in [1.807, 2.05) is 30.3 Å². The predicted molar refractivity (Wildman–Crippen MR) is 123 cm³/mol. The summed E-state index contributed by atoms with van der Waals surface area (Å²) < 4.78 is 52.8. The first kappa shape index (κ1) is 24.7. The number of hydrogen-bond donors (Lipinski definition) is 0. The number of halogens is 4. The summed E-state index contributed by atoms with van der Waals surface area (Å²) >= 11 is 6.13. The van der Waals surface area contributed by atoms with Crippen LogP contribution in [-0.2, 0) is 24.5 Å². The zero-order valence-electron chi connectivity index (χ0n) is 18.8. The summed E-state index contributed by atoms with van der Waals surface area (Å²) in [4.78, 5) is 21.1. The third-order valence-corrected chi connectivity index (χ3v) is 5.50. The van der Waals surface area contributed by atoms with Crippen molar-refractivity contribution in [3.63, 3.8) is 0 Å². The maximum Gasteiger partial charge on any atom is 0.425 e. The number of nitrogens with zero attached hydrogens (tertiary/aromatic N) is 5. The van der Waals surface area contributed by atoms with E-state index in [2.05, 4.69) is 15.1 Å². The molecule has 0 spiro atoms. The molecule has 0 saturated carbocycles. The second-order valence-corrected chi connectivity index (χ2v) is 7.98. The van der Waals surface area contributed by atoms with Gasteiger partial charge in [0.05, 0.1) is 12.0 Å². The Hall–Kier alpha value is -3.44. The van der Waals surface area contributed by atoms with E-state index >= 15 is 0 Å². The molecule has 4 aromatic rings. The topological polar surface area (TPSA) is 84.1 Å². The van der Waals surface area contributed by atoms with Gasteiger partial charge in [-0.05, 0) is 36.9 Å². The van der Waals surface area contributed by atoms with Gasteiger partial charge in [-0.1, -0.05) is 41.9 Å². The molecule has 0 amide bonds. The lowest BCUT2D eigenvalue weighted by molar-refractivity contribution is -0.189. The summed E-state index contributed by atoms with van der Waals surface area (Å²) in [5.74, 6) is -0.0832. The van der Waals surface area contributed by atoms with Gasteiger partial charge in [-0.15, -0.1) is 5.10 Å². The Labute approximate surface area is 202 Å². The van der Waals surface area contributed by atoms with Crippen molar-refractivity contribution in [1.29, 1.82) is 0 Å². The van der Waals surface area contributed by atoms with Crippen LogP contribution in [0.1, 0.15) is 25.2 Å². The molecule has 0 radical (unpaired) electrons. The largest absolute Gasteiger partial charge is 0.464 e. The average molecular weight is 508 g/mol. The Kier molecular flexibility index (Phi) is 7.08. The highest BCUT2D eigenvalue weighted by molar-refractivity contribution is 6.34. The summed E-state index contributed by atoms with van der Waals surface area (Å²) in [7, 11) is 0. The Bertz CT molecular complexity index is 1390. The van der Waals surface area contributed by atoms with E-state index in [1.54, 1.807) is 6.92 Å². The van der Waals surface area contributed by atoms with Crippen molar-refractivity contribution in [2.24, 2.45) is 0 Å². The summed E-state index contributed by atoms with van der Waals surface area (Å²) in [5.41, 5.74) is 0.437. The number of alkyl halides is 3. The summed E-state index contributed by atoms with van der Waals surface area (Å²) in [6.45, 7) is 3.29. The lowest BCUT2D eigenvalue weighted by Gasteiger charge is -2.18. The van der Waals surface area contributed by atoms with E-state index in [-0.39, 0.29) is 23.0 Å². The molecule has 0 saturated heterocycles. The number of hydrogen-bond acceptors (Lipinski definition) is 6. The predicted octanol–water partition coefficient (Wildman–Crippen LogP) is 4.70. The van der Waals surface area contributed by atoms with Crippen LogP contribution in [0.5, 0.6) is 5.88 Å². The van der Waals surface area contributed by atoms with Crippen LogP contribution in [0.3, 0.4) is 0 Å². The third kappa shape index (κ3) is 5.30. The van der Waals surface area contributed by atoms with Gasteiger partial charge in [0.15, 0.2) is 17.7 Å². The molecule has 4 rings (SSSR count). The molecule has 0 aliphatic heterocycles. The standard InChI is InChI=1S/C23H21ClF3N5O3/c1-3-31-18(13-34-12-15-7-5-4-6-8-15)30-32(22(31)33)17-11-16-9-10-28-20(24)19(16)21(29-17)35-14(2)23(25,26)27/h4-11,14H,3,12-13H2,1-2H3. The Morgan fingerprint density at radius 2 is 1.89 bits per heavy atom. The van der Waals surface area contributed by atoms with Crippen molar-refractivity contribution in [2.75, 3.05) is 0 Å². The van der Waals surface area contributed by atoms with Crippen LogP contribution in [0.25, 0.3) is 16.6 Å². The van der Waals surface area contributed by atoms with E-state index < -0.39 is 23.8 Å². The van der Waals surface area contributed by atoms with Gasteiger partial charge in [-0.3, -0.25) is 4.57 Å². The molecular formula is C23H21ClF3N5O3. The highest BCUT2D eigenvalue weighted by Crippen LogP contribution is 2.33. The van der Waals surface area contributed by atoms with Crippen molar-refractivity contribution in [2.45, 2.75) is 45.9 Å². The van der Waals surface area contributed by atoms with Gasteiger partial charge < -0.3 is 9.47 Å². The molecule has 0 bridgehead atoms. The van der Waals surface area contributed by atoms with Gasteiger partial charge in [0.1, 0.15) is 11.8 Å². The zero-order chi connectivity index (χ0) is 25.2. The fraction of sp³-hybridized carbons (Fsp3) is 0.304. The van der Waals surface area contributed by atoms with Crippen LogP contribution in [0, 0.1) is 0 Å². The maximum absolute atomic E-state index is 13.2. The van der Waals surface area contributed by atoms with Crippen LogP contribution in [0.2, 0.25) is 5.15 Å². The molecule has 0 aliphatic carbocycles. The Morgan fingerprint density at radius 3 is 2.57 bits per heavy atom. The van der Waals surface area contributed by atoms with E-state index in [9.17, 15) is 18.0 Å². The molecule has 1 aromatic carbocycles. The van der Waals surface area contributed by atoms with Crippen molar-refractivity contribution < 1.29 is 22.6 Å². The fourth-order valence-corrected chi connectivity index (χ4v) is 3.63. The number of fused-ring (bicyclic) bond motifs is 1. The molecule has 12 heteroatoms. The minimum atomic E-state index is -4.64.